The number of nitrogens with one attached hydrogen (secondary N) is 2. The Morgan fingerprint density at radius 3 is 2.82 bits per heavy atom. The van der Waals surface area contributed by atoms with Gasteiger partial charge < -0.3 is 15.4 Å². The third-order valence-electron chi connectivity index (χ3n) is 2.89. The van der Waals surface area contributed by atoms with Gasteiger partial charge in [-0.3, -0.25) is 0 Å². The monoisotopic (exact) mass is 322 g/mol. The summed E-state index contributed by atoms with van der Waals surface area (Å²) in [4.78, 5) is 11.7. The maximum atomic E-state index is 12.9. The normalized spacial score (nSPS) is 10.1. The van der Waals surface area contributed by atoms with E-state index in [2.05, 4.69) is 10.6 Å². The van der Waals surface area contributed by atoms with Gasteiger partial charge in [-0.05, 0) is 42.8 Å². The Bertz CT molecular complexity index is 664. The molecule has 2 rings (SSSR count). The van der Waals surface area contributed by atoms with Crippen LogP contribution in [0.4, 0.5) is 14.9 Å². The van der Waals surface area contributed by atoms with Crippen LogP contribution in [0.25, 0.3) is 0 Å². The third-order valence-corrected chi connectivity index (χ3v) is 3.12. The average molecular weight is 323 g/mol. The van der Waals surface area contributed by atoms with Gasteiger partial charge >= 0.3 is 6.03 Å². The van der Waals surface area contributed by atoms with Gasteiger partial charge in [0.25, 0.3) is 0 Å². The minimum atomic E-state index is -0.360. The summed E-state index contributed by atoms with van der Waals surface area (Å²) >= 11 is 5.85. The molecule has 0 aromatic heterocycles. The van der Waals surface area contributed by atoms with Crippen molar-refractivity contribution in [2.24, 2.45) is 0 Å². The Balaban J connectivity index is 1.74. The number of amides is 2. The molecule has 0 bridgehead atoms. The lowest BCUT2D eigenvalue weighted by atomic mass is 10.2. The molecule has 22 heavy (non-hydrogen) atoms. The zero-order valence-corrected chi connectivity index (χ0v) is 12.8. The summed E-state index contributed by atoms with van der Waals surface area (Å²) in [6, 6.07) is 10.7. The topological polar surface area (TPSA) is 50.4 Å². The minimum Gasteiger partial charge on any atom is -0.492 e. The van der Waals surface area contributed by atoms with Gasteiger partial charge in [0.2, 0.25) is 0 Å². The SMILES string of the molecule is Cc1cc(Cl)ccc1NC(=O)NCCOc1cccc(F)c1. The second-order valence-electron chi connectivity index (χ2n) is 4.65. The van der Waals surface area contributed by atoms with E-state index in [0.29, 0.717) is 23.0 Å². The lowest BCUT2D eigenvalue weighted by molar-refractivity contribution is 0.247. The van der Waals surface area contributed by atoms with Gasteiger partial charge in [0.1, 0.15) is 18.2 Å². The highest BCUT2D eigenvalue weighted by molar-refractivity contribution is 6.30. The summed E-state index contributed by atoms with van der Waals surface area (Å²) in [7, 11) is 0. The van der Waals surface area contributed by atoms with Crippen LogP contribution in [0.1, 0.15) is 5.56 Å². The minimum absolute atomic E-state index is 0.247. The first-order valence-corrected chi connectivity index (χ1v) is 7.12. The molecule has 0 radical (unpaired) electrons. The van der Waals surface area contributed by atoms with E-state index in [1.807, 2.05) is 6.92 Å². The molecule has 0 saturated heterocycles. The molecular weight excluding hydrogens is 307 g/mol. The number of urea groups is 1. The van der Waals surface area contributed by atoms with Gasteiger partial charge in [-0.25, -0.2) is 9.18 Å². The molecule has 0 aliphatic rings. The zero-order chi connectivity index (χ0) is 15.9. The predicted octanol–water partition coefficient (Wildman–Crippen LogP) is 3.99. The van der Waals surface area contributed by atoms with Crippen molar-refractivity contribution in [3.05, 3.63) is 58.9 Å². The Hall–Kier alpha value is -2.27. The van der Waals surface area contributed by atoms with Crippen LogP contribution in [0.3, 0.4) is 0 Å². The van der Waals surface area contributed by atoms with Gasteiger partial charge in [0.15, 0.2) is 0 Å². The second-order valence-corrected chi connectivity index (χ2v) is 5.08. The van der Waals surface area contributed by atoms with Gasteiger partial charge in [0, 0.05) is 16.8 Å². The lowest BCUT2D eigenvalue weighted by Gasteiger charge is -2.11. The summed E-state index contributed by atoms with van der Waals surface area (Å²) in [6.07, 6.45) is 0. The molecule has 4 nitrogen and oxygen atoms in total. The van der Waals surface area contributed by atoms with Crippen molar-refractivity contribution in [3.8, 4) is 5.75 Å². The predicted molar refractivity (Wildman–Crippen MR) is 85.1 cm³/mol. The third kappa shape index (κ3) is 4.93. The van der Waals surface area contributed by atoms with E-state index in [0.717, 1.165) is 5.56 Å². The highest BCUT2D eigenvalue weighted by atomic mass is 35.5. The Labute approximate surface area is 133 Å². The van der Waals surface area contributed by atoms with E-state index in [4.69, 9.17) is 16.3 Å². The molecule has 2 N–H and O–H groups in total. The van der Waals surface area contributed by atoms with Crippen molar-refractivity contribution in [3.63, 3.8) is 0 Å². The summed E-state index contributed by atoms with van der Waals surface area (Å²) in [5, 5.41) is 5.99. The maximum Gasteiger partial charge on any atom is 0.319 e. The summed E-state index contributed by atoms with van der Waals surface area (Å²) in [6.45, 7) is 2.40. The summed E-state index contributed by atoms with van der Waals surface area (Å²) < 4.78 is 18.3. The zero-order valence-electron chi connectivity index (χ0n) is 12.0. The average Bonchev–Trinajstić information content (AvgIpc) is 2.47. The molecule has 0 saturated carbocycles. The molecule has 0 heterocycles. The van der Waals surface area contributed by atoms with Gasteiger partial charge in [-0.2, -0.15) is 0 Å². The standard InChI is InChI=1S/C16H16ClFN2O2/c1-11-9-12(17)5-6-15(11)20-16(21)19-7-8-22-14-4-2-3-13(18)10-14/h2-6,9-10H,7-8H2,1H3,(H2,19,20,21). The van der Waals surface area contributed by atoms with E-state index >= 15 is 0 Å². The van der Waals surface area contributed by atoms with Crippen molar-refractivity contribution < 1.29 is 13.9 Å². The number of rotatable bonds is 5. The van der Waals surface area contributed by atoms with Crippen LogP contribution >= 0.6 is 11.6 Å². The number of halogens is 2. The van der Waals surface area contributed by atoms with E-state index < -0.39 is 0 Å². The molecule has 6 heteroatoms. The molecule has 2 aromatic rings. The Morgan fingerprint density at radius 2 is 2.09 bits per heavy atom. The Morgan fingerprint density at radius 1 is 1.27 bits per heavy atom. The van der Waals surface area contributed by atoms with Gasteiger partial charge in [0.05, 0.1) is 6.54 Å². The first-order valence-electron chi connectivity index (χ1n) is 6.74. The number of carbonyl (C=O) groups is 1. The van der Waals surface area contributed by atoms with E-state index in [9.17, 15) is 9.18 Å². The second kappa shape index (κ2) is 7.66. The fraction of sp³-hybridized carbons (Fsp3) is 0.188. The van der Waals surface area contributed by atoms with Crippen LogP contribution in [-0.2, 0) is 0 Å². The van der Waals surface area contributed by atoms with Crippen molar-refractivity contribution in [2.75, 3.05) is 18.5 Å². The number of ether oxygens (including phenoxy) is 1. The van der Waals surface area contributed by atoms with Crippen molar-refractivity contribution >= 4 is 23.3 Å². The van der Waals surface area contributed by atoms with Gasteiger partial charge in [-0.15, -0.1) is 0 Å². The quantitative estimate of drug-likeness (QED) is 0.818. The molecule has 0 unspecified atom stereocenters. The fourth-order valence-electron chi connectivity index (χ4n) is 1.82. The van der Waals surface area contributed by atoms with Crippen LogP contribution in [0.2, 0.25) is 5.02 Å². The van der Waals surface area contributed by atoms with Crippen LogP contribution in [0.15, 0.2) is 42.5 Å². The summed E-state index contributed by atoms with van der Waals surface area (Å²) in [5.41, 5.74) is 1.56. The van der Waals surface area contributed by atoms with E-state index in [1.54, 1.807) is 30.3 Å². The number of hydrogen-bond acceptors (Lipinski definition) is 2. The highest BCUT2D eigenvalue weighted by Gasteiger charge is 2.04. The molecule has 2 amide bonds. The van der Waals surface area contributed by atoms with Crippen LogP contribution < -0.4 is 15.4 Å². The maximum absolute atomic E-state index is 12.9. The van der Waals surface area contributed by atoms with Crippen molar-refractivity contribution in [1.82, 2.24) is 5.32 Å². The number of hydrogen-bond donors (Lipinski definition) is 2. The summed E-state index contributed by atoms with van der Waals surface area (Å²) in [5.74, 6) is 0.0668. The molecule has 0 spiro atoms. The van der Waals surface area contributed by atoms with Crippen LogP contribution in [-0.4, -0.2) is 19.2 Å². The van der Waals surface area contributed by atoms with Crippen LogP contribution in [0, 0.1) is 12.7 Å². The Kier molecular flexibility index (Phi) is 5.61. The molecule has 0 fully saturated rings. The first kappa shape index (κ1) is 16.1. The largest absolute Gasteiger partial charge is 0.492 e. The number of aryl methyl sites for hydroxylation is 1. The molecular formula is C16H16ClFN2O2. The van der Waals surface area contributed by atoms with E-state index in [1.165, 1.54) is 12.1 Å². The lowest BCUT2D eigenvalue weighted by Crippen LogP contribution is -2.32. The van der Waals surface area contributed by atoms with Gasteiger partial charge in [-0.1, -0.05) is 17.7 Å². The first-order chi connectivity index (χ1) is 10.5. The highest BCUT2D eigenvalue weighted by Crippen LogP contribution is 2.19. The molecule has 0 aliphatic heterocycles. The van der Waals surface area contributed by atoms with Crippen molar-refractivity contribution in [2.45, 2.75) is 6.92 Å². The molecule has 0 aliphatic carbocycles. The number of carbonyl (C=O) groups excluding carboxylic acids is 1. The molecule has 116 valence electrons. The molecule has 2 aromatic carbocycles. The van der Waals surface area contributed by atoms with Crippen molar-refractivity contribution in [1.29, 1.82) is 0 Å². The number of benzene rings is 2. The number of anilines is 1. The fourth-order valence-corrected chi connectivity index (χ4v) is 2.05. The van der Waals surface area contributed by atoms with E-state index in [-0.39, 0.29) is 18.5 Å². The van der Waals surface area contributed by atoms with Crippen LogP contribution in [0.5, 0.6) is 5.75 Å². The molecule has 0 atom stereocenters. The smallest absolute Gasteiger partial charge is 0.319 e.